The maximum Gasteiger partial charge on any atom is 0.222 e. The number of Topliss-reactive ketones (excluding diaryl/α,β-unsaturated/α-hetero) is 1. The molecule has 0 bridgehead atoms. The van der Waals surface area contributed by atoms with Crippen molar-refractivity contribution in [2.75, 3.05) is 20.1 Å². The number of thiazole rings is 1. The molecule has 0 aromatic carbocycles. The van der Waals surface area contributed by atoms with Crippen molar-refractivity contribution in [3.8, 4) is 0 Å². The maximum absolute atomic E-state index is 12.5. The third kappa shape index (κ3) is 25.2. The van der Waals surface area contributed by atoms with E-state index in [4.69, 9.17) is 5.73 Å². The summed E-state index contributed by atoms with van der Waals surface area (Å²) in [6, 6.07) is 0.0494. The van der Waals surface area contributed by atoms with E-state index in [0.717, 1.165) is 81.5 Å². The molecule has 0 saturated carbocycles. The van der Waals surface area contributed by atoms with Crippen LogP contribution in [-0.4, -0.2) is 58.8 Å². The highest BCUT2D eigenvalue weighted by Crippen LogP contribution is 2.28. The van der Waals surface area contributed by atoms with Crippen LogP contribution in [0.1, 0.15) is 156 Å². The first kappa shape index (κ1) is 45.6. The number of hydrogen-bond donors (Lipinski definition) is 3. The van der Waals surface area contributed by atoms with Crippen molar-refractivity contribution < 1.29 is 19.5 Å². The summed E-state index contributed by atoms with van der Waals surface area (Å²) in [6.45, 7) is 20.2. The van der Waals surface area contributed by atoms with Gasteiger partial charge in [-0.2, -0.15) is 0 Å². The minimum Gasteiger partial charge on any atom is -0.386 e. The topological polar surface area (TPSA) is 126 Å². The van der Waals surface area contributed by atoms with E-state index in [-0.39, 0.29) is 17.9 Å². The van der Waals surface area contributed by atoms with Gasteiger partial charge in [0.2, 0.25) is 11.8 Å². The second-order valence-corrected chi connectivity index (χ2v) is 11.7. The predicted octanol–water partition coefficient (Wildman–Crippen LogP) is 7.63. The molecular formula is C34H68N4O4S. The summed E-state index contributed by atoms with van der Waals surface area (Å²) in [7, 11) is 1.92. The van der Waals surface area contributed by atoms with Crippen molar-refractivity contribution >= 4 is 28.9 Å². The molecular weight excluding hydrogens is 560 g/mol. The van der Waals surface area contributed by atoms with Gasteiger partial charge in [-0.15, -0.1) is 11.3 Å². The lowest BCUT2D eigenvalue weighted by atomic mass is 9.95. The fourth-order valence-corrected chi connectivity index (χ4v) is 5.15. The number of aromatic nitrogens is 1. The van der Waals surface area contributed by atoms with Gasteiger partial charge in [-0.3, -0.25) is 14.4 Å². The summed E-state index contributed by atoms with van der Waals surface area (Å²) in [5, 5.41) is 16.4. The molecule has 8 nitrogen and oxygen atoms in total. The number of nitrogens with two attached hydrogens (primary N) is 1. The van der Waals surface area contributed by atoms with Gasteiger partial charge in [-0.05, 0) is 65.0 Å². The Morgan fingerprint density at radius 3 is 1.95 bits per heavy atom. The van der Waals surface area contributed by atoms with Crippen LogP contribution in [0.4, 0.5) is 0 Å². The van der Waals surface area contributed by atoms with Gasteiger partial charge in [0.25, 0.3) is 0 Å². The van der Waals surface area contributed by atoms with E-state index in [9.17, 15) is 19.5 Å². The van der Waals surface area contributed by atoms with Crippen LogP contribution in [0.3, 0.4) is 0 Å². The van der Waals surface area contributed by atoms with Crippen LogP contribution in [0, 0.1) is 5.92 Å². The highest BCUT2D eigenvalue weighted by molar-refractivity contribution is 7.09. The van der Waals surface area contributed by atoms with Crippen LogP contribution < -0.4 is 11.1 Å². The number of carbonyl (C=O) groups excluding carboxylic acids is 3. The second kappa shape index (κ2) is 31.6. The Hall–Kier alpha value is -1.84. The predicted molar refractivity (Wildman–Crippen MR) is 184 cm³/mol. The third-order valence-electron chi connectivity index (χ3n) is 6.66. The minimum absolute atomic E-state index is 0.0494. The zero-order valence-electron chi connectivity index (χ0n) is 29.5. The van der Waals surface area contributed by atoms with Crippen molar-refractivity contribution in [1.82, 2.24) is 15.2 Å². The number of unbranched alkanes of at least 4 members (excludes halogenated alkanes) is 3. The molecule has 254 valence electrons. The quantitative estimate of drug-likeness (QED) is 0.128. The lowest BCUT2D eigenvalue weighted by Crippen LogP contribution is -2.44. The first-order valence-electron chi connectivity index (χ1n) is 16.9. The minimum atomic E-state index is -0.597. The Bertz CT molecular complexity index is 793. The molecule has 1 rings (SSSR count). The highest BCUT2D eigenvalue weighted by atomic mass is 32.1. The van der Waals surface area contributed by atoms with Gasteiger partial charge in [0, 0.05) is 50.1 Å². The molecule has 0 radical (unpaired) electrons. The normalized spacial score (nSPS) is 11.6. The first-order chi connectivity index (χ1) is 20.5. The summed E-state index contributed by atoms with van der Waals surface area (Å²) >= 11 is 1.51. The molecule has 2 atom stereocenters. The van der Waals surface area contributed by atoms with Crippen LogP contribution in [0.2, 0.25) is 0 Å². The van der Waals surface area contributed by atoms with Crippen LogP contribution >= 0.6 is 11.3 Å². The molecule has 43 heavy (non-hydrogen) atoms. The Balaban J connectivity index is -0.000000659. The number of hydrogen-bond acceptors (Lipinski definition) is 7. The number of aryl methyl sites for hydroxylation is 1. The number of rotatable bonds is 20. The van der Waals surface area contributed by atoms with E-state index in [1.807, 2.05) is 51.9 Å². The molecule has 0 fully saturated rings. The summed E-state index contributed by atoms with van der Waals surface area (Å²) in [6.07, 6.45) is 10.6. The zero-order chi connectivity index (χ0) is 33.6. The van der Waals surface area contributed by atoms with E-state index >= 15 is 0 Å². The molecule has 0 spiro atoms. The van der Waals surface area contributed by atoms with Crippen LogP contribution in [0.15, 0.2) is 5.38 Å². The average molecular weight is 629 g/mol. The Kier molecular flexibility index (Phi) is 33.5. The van der Waals surface area contributed by atoms with E-state index in [1.54, 1.807) is 0 Å². The van der Waals surface area contributed by atoms with Crippen molar-refractivity contribution in [1.29, 1.82) is 0 Å². The lowest BCUT2D eigenvalue weighted by Gasteiger charge is -2.35. The third-order valence-corrected chi connectivity index (χ3v) is 7.66. The fourth-order valence-electron chi connectivity index (χ4n) is 4.25. The molecule has 2 amide bonds. The van der Waals surface area contributed by atoms with Gasteiger partial charge in [0.05, 0.1) is 5.69 Å². The molecule has 0 aliphatic heterocycles. The number of aliphatic hydroxyl groups is 1. The van der Waals surface area contributed by atoms with Gasteiger partial charge in [-0.1, -0.05) is 68.2 Å². The van der Waals surface area contributed by atoms with Crippen LogP contribution in [0.5, 0.6) is 0 Å². The Morgan fingerprint density at radius 2 is 1.53 bits per heavy atom. The summed E-state index contributed by atoms with van der Waals surface area (Å²) < 4.78 is 0. The molecule has 2 unspecified atom stereocenters. The molecule has 1 aromatic rings. The Labute approximate surface area is 269 Å². The summed E-state index contributed by atoms with van der Waals surface area (Å²) in [5.41, 5.74) is 5.98. The van der Waals surface area contributed by atoms with Gasteiger partial charge < -0.3 is 21.1 Å². The first-order valence-corrected chi connectivity index (χ1v) is 17.8. The number of aliphatic hydroxyl groups excluding tert-OH is 1. The molecule has 4 N–H and O–H groups in total. The second-order valence-electron chi connectivity index (χ2n) is 10.8. The van der Waals surface area contributed by atoms with Crippen molar-refractivity contribution in [3.05, 3.63) is 16.1 Å². The highest BCUT2D eigenvalue weighted by Gasteiger charge is 2.28. The Morgan fingerprint density at radius 1 is 0.930 bits per heavy atom. The molecule has 9 heteroatoms. The van der Waals surface area contributed by atoms with Crippen molar-refractivity contribution in [2.45, 2.75) is 158 Å². The molecule has 0 aliphatic carbocycles. The molecule has 0 saturated heterocycles. The standard InChI is InChI=1S/C18H32N2O2S.C7H16N2O.C7H14O.C2H6/c1-6-9-10-17(22)20(8-3)15(13(4)5)11-16(21)18-19-14(7-2)12-23-18;1-9-6-4-2-3-5-7(8)10;1-3-5-7(8)6-4-2;1-2/h12-13,15-16,21H,6-11H2,1-5H3;9H,2-6H2,1H3,(H2,8,10);3-6H2,1-2H3;1-2H3. The van der Waals surface area contributed by atoms with Gasteiger partial charge in [0.1, 0.15) is 16.9 Å². The van der Waals surface area contributed by atoms with Crippen molar-refractivity contribution in [3.63, 3.8) is 0 Å². The summed E-state index contributed by atoms with van der Waals surface area (Å²) in [4.78, 5) is 39.8. The van der Waals surface area contributed by atoms with Crippen LogP contribution in [0.25, 0.3) is 0 Å². The number of carbonyl (C=O) groups is 3. The SMILES string of the molecule is CC.CCCC(=O)CCC.CCCCC(=O)N(CC)C(CC(O)c1nc(CC)cs1)C(C)C.CNCCCCCC(N)=O. The van der Waals surface area contributed by atoms with E-state index in [0.29, 0.717) is 37.5 Å². The summed E-state index contributed by atoms with van der Waals surface area (Å²) in [5.74, 6) is 0.730. The number of primary amides is 1. The number of ketones is 1. The maximum atomic E-state index is 12.5. The number of amides is 2. The van der Waals surface area contributed by atoms with E-state index < -0.39 is 6.10 Å². The fraction of sp³-hybridized carbons (Fsp3) is 0.824. The van der Waals surface area contributed by atoms with Crippen molar-refractivity contribution in [2.24, 2.45) is 11.7 Å². The van der Waals surface area contributed by atoms with Gasteiger partial charge in [-0.25, -0.2) is 4.98 Å². The lowest BCUT2D eigenvalue weighted by molar-refractivity contribution is -0.135. The largest absolute Gasteiger partial charge is 0.386 e. The average Bonchev–Trinajstić information content (AvgIpc) is 3.47. The van der Waals surface area contributed by atoms with Gasteiger partial charge >= 0.3 is 0 Å². The van der Waals surface area contributed by atoms with Gasteiger partial charge in [0.15, 0.2) is 0 Å². The molecule has 1 heterocycles. The van der Waals surface area contributed by atoms with E-state index in [2.05, 4.69) is 38.0 Å². The molecule has 1 aromatic heterocycles. The number of nitrogens with zero attached hydrogens (tertiary/aromatic N) is 2. The molecule has 0 aliphatic rings. The van der Waals surface area contributed by atoms with Crippen LogP contribution in [-0.2, 0) is 20.8 Å². The number of nitrogens with one attached hydrogen (secondary N) is 1. The smallest absolute Gasteiger partial charge is 0.222 e. The van der Waals surface area contributed by atoms with E-state index in [1.165, 1.54) is 11.3 Å². The monoisotopic (exact) mass is 628 g/mol. The zero-order valence-corrected chi connectivity index (χ0v) is 30.3.